The van der Waals surface area contributed by atoms with Crippen LogP contribution in [-0.2, 0) is 30.4 Å². The SMILES string of the molecule is CC(=O)OC[C@H](OC(C)=O)[C@H](c1ccccc1)N(Cc1ccccc1)C(C)=O. The highest BCUT2D eigenvalue weighted by atomic mass is 16.6. The van der Waals surface area contributed by atoms with Crippen LogP contribution in [0.2, 0.25) is 0 Å². The molecule has 2 aromatic rings. The zero-order valence-corrected chi connectivity index (χ0v) is 16.3. The van der Waals surface area contributed by atoms with Gasteiger partial charge in [0, 0.05) is 27.3 Å². The van der Waals surface area contributed by atoms with Gasteiger partial charge in [-0.15, -0.1) is 0 Å². The summed E-state index contributed by atoms with van der Waals surface area (Å²) in [7, 11) is 0. The zero-order chi connectivity index (χ0) is 20.5. The average Bonchev–Trinajstić information content (AvgIpc) is 2.66. The Balaban J connectivity index is 2.45. The second kappa shape index (κ2) is 10.3. The van der Waals surface area contributed by atoms with Crippen LogP contribution in [0.25, 0.3) is 0 Å². The maximum atomic E-state index is 12.6. The maximum absolute atomic E-state index is 12.6. The van der Waals surface area contributed by atoms with Crippen molar-refractivity contribution in [3.05, 3.63) is 71.8 Å². The molecular weight excluding hydrogens is 358 g/mol. The Bertz CT molecular complexity index is 791. The predicted molar refractivity (Wildman–Crippen MR) is 104 cm³/mol. The molecule has 0 saturated heterocycles. The summed E-state index contributed by atoms with van der Waals surface area (Å²) >= 11 is 0. The van der Waals surface area contributed by atoms with E-state index >= 15 is 0 Å². The fourth-order valence-electron chi connectivity index (χ4n) is 3.03. The second-order valence-electron chi connectivity index (χ2n) is 6.44. The lowest BCUT2D eigenvalue weighted by Gasteiger charge is -2.36. The molecule has 2 atom stereocenters. The molecule has 0 unspecified atom stereocenters. The van der Waals surface area contributed by atoms with Crippen molar-refractivity contribution in [2.24, 2.45) is 0 Å². The van der Waals surface area contributed by atoms with E-state index in [9.17, 15) is 14.4 Å². The molecule has 148 valence electrons. The van der Waals surface area contributed by atoms with Crippen LogP contribution in [0.5, 0.6) is 0 Å². The highest BCUT2D eigenvalue weighted by molar-refractivity contribution is 5.74. The lowest BCUT2D eigenvalue weighted by atomic mass is 9.98. The zero-order valence-electron chi connectivity index (χ0n) is 16.3. The molecule has 28 heavy (non-hydrogen) atoms. The summed E-state index contributed by atoms with van der Waals surface area (Å²) in [4.78, 5) is 37.3. The Morgan fingerprint density at radius 1 is 0.857 bits per heavy atom. The Hall–Kier alpha value is -3.15. The molecule has 0 aliphatic carbocycles. The van der Waals surface area contributed by atoms with Gasteiger partial charge in [-0.3, -0.25) is 14.4 Å². The molecule has 6 nitrogen and oxygen atoms in total. The van der Waals surface area contributed by atoms with E-state index in [2.05, 4.69) is 0 Å². The van der Waals surface area contributed by atoms with Crippen LogP contribution in [0, 0.1) is 0 Å². The van der Waals surface area contributed by atoms with Gasteiger partial charge in [-0.1, -0.05) is 60.7 Å². The number of benzene rings is 2. The van der Waals surface area contributed by atoms with E-state index in [1.165, 1.54) is 20.8 Å². The van der Waals surface area contributed by atoms with Crippen molar-refractivity contribution in [1.82, 2.24) is 4.90 Å². The highest BCUT2D eigenvalue weighted by Crippen LogP contribution is 2.29. The first-order valence-electron chi connectivity index (χ1n) is 9.05. The molecule has 1 amide bonds. The van der Waals surface area contributed by atoms with Gasteiger partial charge in [-0.25, -0.2) is 0 Å². The van der Waals surface area contributed by atoms with Gasteiger partial charge in [-0.2, -0.15) is 0 Å². The number of rotatable bonds is 8. The van der Waals surface area contributed by atoms with Gasteiger partial charge in [0.25, 0.3) is 0 Å². The Labute approximate surface area is 165 Å². The van der Waals surface area contributed by atoms with Crippen molar-refractivity contribution in [3.63, 3.8) is 0 Å². The number of esters is 2. The fraction of sp³-hybridized carbons (Fsp3) is 0.318. The topological polar surface area (TPSA) is 72.9 Å². The van der Waals surface area contributed by atoms with Crippen LogP contribution in [0.3, 0.4) is 0 Å². The minimum atomic E-state index is -0.837. The monoisotopic (exact) mass is 383 g/mol. The van der Waals surface area contributed by atoms with Crippen molar-refractivity contribution >= 4 is 17.8 Å². The molecule has 0 spiro atoms. The summed E-state index contributed by atoms with van der Waals surface area (Å²) in [6.45, 7) is 4.23. The molecular formula is C22H25NO5. The molecule has 2 rings (SSSR count). The Morgan fingerprint density at radius 2 is 1.43 bits per heavy atom. The maximum Gasteiger partial charge on any atom is 0.303 e. The van der Waals surface area contributed by atoms with Crippen LogP contribution in [0.15, 0.2) is 60.7 Å². The van der Waals surface area contributed by atoms with Crippen molar-refractivity contribution in [2.75, 3.05) is 6.61 Å². The predicted octanol–water partition coefficient (Wildman–Crippen LogP) is 3.27. The van der Waals surface area contributed by atoms with E-state index in [1.807, 2.05) is 60.7 Å². The number of hydrogen-bond donors (Lipinski definition) is 0. The summed E-state index contributed by atoms with van der Waals surface area (Å²) in [6, 6.07) is 18.2. The quantitative estimate of drug-likeness (QED) is 0.654. The van der Waals surface area contributed by atoms with E-state index in [0.29, 0.717) is 6.54 Å². The molecule has 0 N–H and O–H groups in total. The van der Waals surface area contributed by atoms with E-state index in [0.717, 1.165) is 11.1 Å². The molecule has 0 saturated carbocycles. The number of carbonyl (C=O) groups is 3. The second-order valence-corrected chi connectivity index (χ2v) is 6.44. The summed E-state index contributed by atoms with van der Waals surface area (Å²) in [5.74, 6) is -1.18. The molecule has 2 aromatic carbocycles. The lowest BCUT2D eigenvalue weighted by Crippen LogP contribution is -2.43. The first kappa shape index (κ1) is 21.2. The summed E-state index contributed by atoms with van der Waals surface area (Å²) < 4.78 is 10.6. The third-order valence-electron chi connectivity index (χ3n) is 4.20. The number of nitrogens with zero attached hydrogens (tertiary/aromatic N) is 1. The van der Waals surface area contributed by atoms with Crippen LogP contribution in [0.4, 0.5) is 0 Å². The molecule has 6 heteroatoms. The van der Waals surface area contributed by atoms with Gasteiger partial charge in [0.2, 0.25) is 5.91 Å². The van der Waals surface area contributed by atoms with E-state index < -0.39 is 24.1 Å². The fourth-order valence-corrected chi connectivity index (χ4v) is 3.03. The minimum Gasteiger partial charge on any atom is -0.462 e. The number of hydrogen-bond acceptors (Lipinski definition) is 5. The van der Waals surface area contributed by atoms with Crippen LogP contribution in [0.1, 0.15) is 37.9 Å². The standard InChI is InChI=1S/C22H25NO5/c1-16(24)23(14-19-10-6-4-7-11-19)22(20-12-8-5-9-13-20)21(28-18(3)26)15-27-17(2)25/h4-13,21-22H,14-15H2,1-3H3/t21-,22-/m0/s1. The van der Waals surface area contributed by atoms with Crippen LogP contribution >= 0.6 is 0 Å². The lowest BCUT2D eigenvalue weighted by molar-refractivity contribution is -0.163. The van der Waals surface area contributed by atoms with Gasteiger partial charge in [-0.05, 0) is 11.1 Å². The van der Waals surface area contributed by atoms with Crippen molar-refractivity contribution < 1.29 is 23.9 Å². The van der Waals surface area contributed by atoms with Crippen LogP contribution < -0.4 is 0 Å². The summed E-state index contributed by atoms with van der Waals surface area (Å²) in [5, 5.41) is 0. The van der Waals surface area contributed by atoms with Crippen molar-refractivity contribution in [2.45, 2.75) is 39.5 Å². The van der Waals surface area contributed by atoms with Gasteiger partial charge in [0.1, 0.15) is 6.61 Å². The Morgan fingerprint density at radius 3 is 1.93 bits per heavy atom. The van der Waals surface area contributed by atoms with E-state index in [4.69, 9.17) is 9.47 Å². The van der Waals surface area contributed by atoms with Gasteiger partial charge >= 0.3 is 11.9 Å². The molecule has 0 radical (unpaired) electrons. The van der Waals surface area contributed by atoms with Gasteiger partial charge in [0.15, 0.2) is 6.10 Å². The minimum absolute atomic E-state index is 0.146. The average molecular weight is 383 g/mol. The highest BCUT2D eigenvalue weighted by Gasteiger charge is 2.34. The van der Waals surface area contributed by atoms with Crippen molar-refractivity contribution in [3.8, 4) is 0 Å². The molecule has 0 aromatic heterocycles. The third-order valence-corrected chi connectivity index (χ3v) is 4.20. The number of ether oxygens (including phenoxy) is 2. The number of carbonyl (C=O) groups excluding carboxylic acids is 3. The van der Waals surface area contributed by atoms with Crippen molar-refractivity contribution in [1.29, 1.82) is 0 Å². The summed E-state index contributed by atoms with van der Waals surface area (Å²) in [6.07, 6.45) is -0.837. The van der Waals surface area contributed by atoms with Gasteiger partial charge in [0.05, 0.1) is 6.04 Å². The first-order chi connectivity index (χ1) is 13.4. The smallest absolute Gasteiger partial charge is 0.303 e. The molecule has 0 aliphatic rings. The summed E-state index contributed by atoms with van der Waals surface area (Å²) in [5.41, 5.74) is 1.72. The normalized spacial score (nSPS) is 12.5. The first-order valence-corrected chi connectivity index (χ1v) is 9.05. The van der Waals surface area contributed by atoms with E-state index in [-0.39, 0.29) is 12.5 Å². The third kappa shape index (κ3) is 6.23. The van der Waals surface area contributed by atoms with Gasteiger partial charge < -0.3 is 14.4 Å². The molecule has 0 fully saturated rings. The van der Waals surface area contributed by atoms with E-state index in [1.54, 1.807) is 4.90 Å². The van der Waals surface area contributed by atoms with Crippen LogP contribution in [-0.4, -0.2) is 35.5 Å². The largest absolute Gasteiger partial charge is 0.462 e. The molecule has 0 aliphatic heterocycles. The number of amides is 1. The molecule has 0 bridgehead atoms. The Kier molecular flexibility index (Phi) is 7.75. The molecule has 0 heterocycles.